The first-order valence-electron chi connectivity index (χ1n) is 5.94. The van der Waals surface area contributed by atoms with Gasteiger partial charge in [-0.05, 0) is 20.8 Å². The van der Waals surface area contributed by atoms with Gasteiger partial charge in [-0.2, -0.15) is 0 Å². The van der Waals surface area contributed by atoms with Crippen LogP contribution in [0.2, 0.25) is 5.15 Å². The molecule has 4 nitrogen and oxygen atoms in total. The third-order valence-electron chi connectivity index (χ3n) is 3.03. The lowest BCUT2D eigenvalue weighted by molar-refractivity contribution is -0.131. The van der Waals surface area contributed by atoms with E-state index in [4.69, 9.17) is 16.3 Å². The molecule has 5 heteroatoms. The van der Waals surface area contributed by atoms with Gasteiger partial charge in [-0.1, -0.05) is 11.6 Å². The van der Waals surface area contributed by atoms with Crippen molar-refractivity contribution >= 4 is 11.6 Å². The molecule has 1 aliphatic rings. The highest BCUT2D eigenvalue weighted by molar-refractivity contribution is 6.29. The number of hydrogen-bond donors (Lipinski definition) is 0. The van der Waals surface area contributed by atoms with E-state index in [1.54, 1.807) is 6.20 Å². The summed E-state index contributed by atoms with van der Waals surface area (Å²) >= 11 is 5.99. The molecule has 0 bridgehead atoms. The van der Waals surface area contributed by atoms with Crippen molar-refractivity contribution in [2.75, 3.05) is 13.1 Å². The fourth-order valence-electron chi connectivity index (χ4n) is 2.48. The first kappa shape index (κ1) is 12.9. The molecule has 1 atom stereocenters. The van der Waals surface area contributed by atoms with E-state index in [2.05, 4.69) is 30.7 Å². The van der Waals surface area contributed by atoms with Gasteiger partial charge in [-0.15, -0.1) is 0 Å². The lowest BCUT2D eigenvalue weighted by atomic mass is 10.1. The summed E-state index contributed by atoms with van der Waals surface area (Å²) < 4.78 is 7.81. The van der Waals surface area contributed by atoms with Gasteiger partial charge in [0, 0.05) is 20.1 Å². The van der Waals surface area contributed by atoms with Gasteiger partial charge in [0.05, 0.1) is 24.4 Å². The summed E-state index contributed by atoms with van der Waals surface area (Å²) in [6.07, 6.45) is 1.96. The van der Waals surface area contributed by atoms with Gasteiger partial charge in [0.2, 0.25) is 0 Å². The van der Waals surface area contributed by atoms with Crippen LogP contribution in [0.25, 0.3) is 0 Å². The Morgan fingerprint density at radius 2 is 2.29 bits per heavy atom. The van der Waals surface area contributed by atoms with Crippen molar-refractivity contribution in [3.05, 3.63) is 17.2 Å². The predicted octanol–water partition coefficient (Wildman–Crippen LogP) is 2.07. The van der Waals surface area contributed by atoms with Crippen LogP contribution in [0.15, 0.2) is 6.20 Å². The zero-order valence-electron chi connectivity index (χ0n) is 10.9. The standard InChI is InChI=1S/C12H20ClN3O/c1-9-6-16(8-12(2,3)17-9)7-11-14-5-10(13)15(11)4/h5,9H,6-8H2,1-4H3/t9-/m1/s1. The van der Waals surface area contributed by atoms with Crippen molar-refractivity contribution in [2.24, 2.45) is 7.05 Å². The molecule has 1 saturated heterocycles. The van der Waals surface area contributed by atoms with Gasteiger partial charge in [-0.25, -0.2) is 4.98 Å². The normalized spacial score (nSPS) is 25.1. The van der Waals surface area contributed by atoms with E-state index in [9.17, 15) is 0 Å². The molecule has 0 saturated carbocycles. The molecule has 17 heavy (non-hydrogen) atoms. The number of aromatic nitrogens is 2. The van der Waals surface area contributed by atoms with Crippen molar-refractivity contribution in [2.45, 2.75) is 39.0 Å². The number of ether oxygens (including phenoxy) is 1. The second kappa shape index (κ2) is 4.59. The molecule has 0 spiro atoms. The molecule has 1 aromatic rings. The molecule has 96 valence electrons. The molecule has 0 aromatic carbocycles. The number of morpholine rings is 1. The fraction of sp³-hybridized carbons (Fsp3) is 0.750. The Morgan fingerprint density at radius 3 is 2.82 bits per heavy atom. The molecule has 1 aliphatic heterocycles. The van der Waals surface area contributed by atoms with Crippen LogP contribution in [0, 0.1) is 0 Å². The summed E-state index contributed by atoms with van der Waals surface area (Å²) in [5, 5.41) is 0.681. The van der Waals surface area contributed by atoms with Crippen LogP contribution in [0.1, 0.15) is 26.6 Å². The highest BCUT2D eigenvalue weighted by atomic mass is 35.5. The summed E-state index contributed by atoms with van der Waals surface area (Å²) in [7, 11) is 1.94. The van der Waals surface area contributed by atoms with E-state index in [0.29, 0.717) is 5.15 Å². The van der Waals surface area contributed by atoms with Gasteiger partial charge >= 0.3 is 0 Å². The Morgan fingerprint density at radius 1 is 1.59 bits per heavy atom. The van der Waals surface area contributed by atoms with Crippen LogP contribution >= 0.6 is 11.6 Å². The molecule has 0 radical (unpaired) electrons. The molecule has 2 rings (SSSR count). The zero-order chi connectivity index (χ0) is 12.6. The highest BCUT2D eigenvalue weighted by Gasteiger charge is 2.31. The molecule has 0 N–H and O–H groups in total. The Balaban J connectivity index is 2.06. The van der Waals surface area contributed by atoms with Crippen molar-refractivity contribution in [3.63, 3.8) is 0 Å². The Kier molecular flexibility index (Phi) is 3.48. The summed E-state index contributed by atoms with van der Waals surface area (Å²) in [5.41, 5.74) is -0.0906. The Labute approximate surface area is 108 Å². The minimum atomic E-state index is -0.0906. The molecular weight excluding hydrogens is 238 g/mol. The number of halogens is 1. The maximum atomic E-state index is 5.99. The average molecular weight is 258 g/mol. The third-order valence-corrected chi connectivity index (χ3v) is 3.38. The summed E-state index contributed by atoms with van der Waals surface area (Å²) in [4.78, 5) is 6.70. The summed E-state index contributed by atoms with van der Waals surface area (Å²) in [6, 6.07) is 0. The topological polar surface area (TPSA) is 30.3 Å². The lowest BCUT2D eigenvalue weighted by Crippen LogP contribution is -2.51. The molecule has 0 amide bonds. The van der Waals surface area contributed by atoms with Crippen molar-refractivity contribution in [1.82, 2.24) is 14.5 Å². The van der Waals surface area contributed by atoms with Crippen molar-refractivity contribution in [1.29, 1.82) is 0 Å². The van der Waals surface area contributed by atoms with E-state index in [1.807, 2.05) is 11.6 Å². The molecule has 1 aromatic heterocycles. The predicted molar refractivity (Wildman–Crippen MR) is 68.1 cm³/mol. The van der Waals surface area contributed by atoms with Crippen LogP contribution in [0.3, 0.4) is 0 Å². The number of rotatable bonds is 2. The van der Waals surface area contributed by atoms with Crippen LogP contribution in [-0.2, 0) is 18.3 Å². The van der Waals surface area contributed by atoms with E-state index < -0.39 is 0 Å². The van der Waals surface area contributed by atoms with E-state index in [-0.39, 0.29) is 11.7 Å². The molecule has 0 unspecified atom stereocenters. The second-order valence-electron chi connectivity index (χ2n) is 5.41. The SMILES string of the molecule is C[C@@H]1CN(Cc2ncc(Cl)n2C)CC(C)(C)O1. The molecule has 0 aliphatic carbocycles. The molecule has 1 fully saturated rings. The number of imidazole rings is 1. The van der Waals surface area contributed by atoms with Gasteiger partial charge in [0.1, 0.15) is 11.0 Å². The number of nitrogens with zero attached hydrogens (tertiary/aromatic N) is 3. The Hall–Kier alpha value is -0.580. The zero-order valence-corrected chi connectivity index (χ0v) is 11.7. The maximum Gasteiger partial charge on any atom is 0.128 e. The third kappa shape index (κ3) is 3.00. The monoisotopic (exact) mass is 257 g/mol. The van der Waals surface area contributed by atoms with Crippen LogP contribution in [0.4, 0.5) is 0 Å². The fourth-order valence-corrected chi connectivity index (χ4v) is 2.62. The first-order chi connectivity index (χ1) is 7.87. The van der Waals surface area contributed by atoms with E-state index >= 15 is 0 Å². The van der Waals surface area contributed by atoms with Crippen LogP contribution < -0.4 is 0 Å². The minimum Gasteiger partial charge on any atom is -0.370 e. The van der Waals surface area contributed by atoms with Crippen molar-refractivity contribution in [3.8, 4) is 0 Å². The van der Waals surface area contributed by atoms with Crippen LogP contribution in [0.5, 0.6) is 0 Å². The van der Waals surface area contributed by atoms with Gasteiger partial charge in [-0.3, -0.25) is 4.90 Å². The first-order valence-corrected chi connectivity index (χ1v) is 6.31. The average Bonchev–Trinajstić information content (AvgIpc) is 2.46. The van der Waals surface area contributed by atoms with Gasteiger partial charge < -0.3 is 9.30 Å². The van der Waals surface area contributed by atoms with Gasteiger partial charge in [0.25, 0.3) is 0 Å². The Bertz CT molecular complexity index is 402. The molecular formula is C12H20ClN3O. The maximum absolute atomic E-state index is 5.99. The van der Waals surface area contributed by atoms with E-state index in [0.717, 1.165) is 25.5 Å². The summed E-state index contributed by atoms with van der Waals surface area (Å²) in [6.45, 7) is 9.04. The molecule has 2 heterocycles. The smallest absolute Gasteiger partial charge is 0.128 e. The minimum absolute atomic E-state index is 0.0906. The van der Waals surface area contributed by atoms with Gasteiger partial charge in [0.15, 0.2) is 0 Å². The summed E-state index contributed by atoms with van der Waals surface area (Å²) in [5.74, 6) is 1.000. The second-order valence-corrected chi connectivity index (χ2v) is 5.80. The van der Waals surface area contributed by atoms with E-state index in [1.165, 1.54) is 0 Å². The highest BCUT2D eigenvalue weighted by Crippen LogP contribution is 2.22. The lowest BCUT2D eigenvalue weighted by Gasteiger charge is -2.41. The van der Waals surface area contributed by atoms with Crippen LogP contribution in [-0.4, -0.2) is 39.2 Å². The van der Waals surface area contributed by atoms with Crippen molar-refractivity contribution < 1.29 is 4.74 Å². The largest absolute Gasteiger partial charge is 0.370 e. The number of hydrogen-bond acceptors (Lipinski definition) is 3. The quantitative estimate of drug-likeness (QED) is 0.813.